The van der Waals surface area contributed by atoms with E-state index >= 15 is 0 Å². The van der Waals surface area contributed by atoms with Crippen molar-refractivity contribution in [3.63, 3.8) is 0 Å². The molecule has 0 heterocycles. The molecule has 0 spiro atoms. The number of hydrogen-bond donors (Lipinski definition) is 0. The van der Waals surface area contributed by atoms with Crippen molar-refractivity contribution >= 4 is 54.5 Å². The lowest BCUT2D eigenvalue weighted by Gasteiger charge is -2.09. The van der Waals surface area contributed by atoms with Gasteiger partial charge in [0.05, 0.1) is 67.7 Å². The Morgan fingerprint density at radius 2 is 0.342 bits per heavy atom. The molecule has 0 aromatic heterocycles. The Labute approximate surface area is 663 Å². The maximum Gasteiger partial charge on any atom is 0.166 e. The van der Waals surface area contributed by atoms with Gasteiger partial charge in [0.25, 0.3) is 0 Å². The van der Waals surface area contributed by atoms with Gasteiger partial charge in [0.15, 0.2) is 73.4 Å². The molecule has 0 fully saturated rings. The second-order valence-corrected chi connectivity index (χ2v) is 34.6. The largest absolute Gasteiger partial charge is 0.494 e. The summed E-state index contributed by atoms with van der Waals surface area (Å²) in [5, 5.41) is 0. The van der Waals surface area contributed by atoms with Crippen molar-refractivity contribution in [1.29, 1.82) is 0 Å². The molecule has 0 aliphatic heterocycles. The zero-order valence-corrected chi connectivity index (χ0v) is 65.3. The van der Waals surface area contributed by atoms with E-state index in [1.165, 1.54) is 112 Å². The number of hydrogen-bond acceptors (Lipinski definition) is 3. The summed E-state index contributed by atoms with van der Waals surface area (Å²) >= 11 is 0. The van der Waals surface area contributed by atoms with Gasteiger partial charge in [-0.25, -0.2) is 26.3 Å². The highest BCUT2D eigenvalue weighted by atomic mass is 32.2. The van der Waals surface area contributed by atoms with Crippen LogP contribution < -0.4 is 9.47 Å². The van der Waals surface area contributed by atoms with Gasteiger partial charge >= 0.3 is 0 Å². The van der Waals surface area contributed by atoms with Crippen LogP contribution in [0.2, 0.25) is 0 Å². The third kappa shape index (κ3) is 24.6. The standard InChI is InChI=1S/C22H23OS.C21H21O2S.C18H12F3S.C18H13F2S.C18H14FS/c1-2-3-18-23-19-14-16-22(17-15-19)24(20-10-6-4-7-11-20)21-12-8-5-9-13-21;1-22-16-17-23-18-12-14-21(15-13-18)24(19-8-4-2-5-9-19)20-10-6-3-7-11-20;19-13-1-7-16(8-2-13)22(17-9-3-14(20)4-10-17)18-11-5-15(21)6-12-18;19-14-6-10-17(11-7-14)21(16-4-2-1-3-5-16)18-12-8-15(20)9-13-18;19-15-11-13-18(14-12-15)20(16-7-3-1-4-8-16)17-9-5-2-6-10-17/h4-17H,2-3,18H2,1H3;2-15H,16-17H2,1H3;1-12H;1-13H;1-14H/q5*+1. The van der Waals surface area contributed by atoms with E-state index in [9.17, 15) is 26.3 Å². The van der Waals surface area contributed by atoms with Crippen molar-refractivity contribution < 1.29 is 40.6 Å². The van der Waals surface area contributed by atoms with Crippen LogP contribution in [0.15, 0.2) is 480 Å². The number of ether oxygens (including phenoxy) is 3. The van der Waals surface area contributed by atoms with Gasteiger partial charge in [-0.05, 0) is 285 Å². The molecule has 0 N–H and O–H groups in total. The molecular formula is C97H83F6O3S5+5. The summed E-state index contributed by atoms with van der Waals surface area (Å²) < 4.78 is 95.5. The summed E-state index contributed by atoms with van der Waals surface area (Å²) in [6, 6.07) is 129. The second-order valence-electron chi connectivity index (χ2n) is 24.4. The minimum absolute atomic E-state index is 0.0858. The highest BCUT2D eigenvalue weighted by Crippen LogP contribution is 2.37. The first-order valence-corrected chi connectivity index (χ1v) is 42.2. The summed E-state index contributed by atoms with van der Waals surface area (Å²) in [5.41, 5.74) is 0. The quantitative estimate of drug-likeness (QED) is 0.0363. The molecule has 15 rings (SSSR count). The van der Waals surface area contributed by atoms with E-state index in [-0.39, 0.29) is 78.5 Å². The highest BCUT2D eigenvalue weighted by Gasteiger charge is 2.33. The fourth-order valence-electron chi connectivity index (χ4n) is 11.3. The van der Waals surface area contributed by atoms with Crippen LogP contribution >= 0.6 is 0 Å². The molecule has 3 nitrogen and oxygen atoms in total. The van der Waals surface area contributed by atoms with Crippen molar-refractivity contribution in [2.45, 2.75) is 93.2 Å². The lowest BCUT2D eigenvalue weighted by atomic mass is 10.3. The van der Waals surface area contributed by atoms with Gasteiger partial charge in [-0.3, -0.25) is 0 Å². The Hall–Kier alpha value is -10.8. The first-order chi connectivity index (χ1) is 54.5. The number of rotatable bonds is 23. The van der Waals surface area contributed by atoms with Crippen molar-refractivity contribution in [2.75, 3.05) is 26.9 Å². The third-order valence-corrected chi connectivity index (χ3v) is 27.7. The minimum Gasteiger partial charge on any atom is -0.494 e. The first-order valence-electron chi connectivity index (χ1n) is 36.0. The van der Waals surface area contributed by atoms with Crippen LogP contribution in [0.3, 0.4) is 0 Å². The molecule has 0 saturated heterocycles. The second kappa shape index (κ2) is 43.5. The van der Waals surface area contributed by atoms with Gasteiger partial charge in [0.2, 0.25) is 0 Å². The van der Waals surface area contributed by atoms with E-state index in [1.807, 2.05) is 91.0 Å². The van der Waals surface area contributed by atoms with E-state index in [2.05, 4.69) is 189 Å². The van der Waals surface area contributed by atoms with Gasteiger partial charge in [-0.1, -0.05) is 141 Å². The molecule has 0 bridgehead atoms. The van der Waals surface area contributed by atoms with Crippen molar-refractivity contribution in [3.8, 4) is 11.5 Å². The molecule has 0 aliphatic rings. The van der Waals surface area contributed by atoms with Crippen molar-refractivity contribution in [1.82, 2.24) is 0 Å². The minimum atomic E-state index is -0.539. The zero-order valence-electron chi connectivity index (χ0n) is 61.3. The summed E-state index contributed by atoms with van der Waals surface area (Å²) in [6.45, 7) is 4.13. The van der Waals surface area contributed by atoms with E-state index in [0.29, 0.717) is 13.2 Å². The smallest absolute Gasteiger partial charge is 0.166 e. The molecule has 15 aromatic carbocycles. The highest BCUT2D eigenvalue weighted by molar-refractivity contribution is 7.98. The summed E-state index contributed by atoms with van der Waals surface area (Å²) in [4.78, 5) is 17.3. The van der Waals surface area contributed by atoms with Crippen molar-refractivity contribution in [2.24, 2.45) is 0 Å². The fraction of sp³-hybridized carbons (Fsp3) is 0.0722. The van der Waals surface area contributed by atoms with Gasteiger partial charge in [-0.2, -0.15) is 0 Å². The van der Waals surface area contributed by atoms with Gasteiger partial charge in [0, 0.05) is 7.11 Å². The summed E-state index contributed by atoms with van der Waals surface area (Å²) in [5.74, 6) is 0.182. The Morgan fingerprint density at radius 3 is 0.505 bits per heavy atom. The number of benzene rings is 15. The van der Waals surface area contributed by atoms with Crippen LogP contribution in [0, 0.1) is 34.9 Å². The van der Waals surface area contributed by atoms with E-state index < -0.39 is 10.9 Å². The van der Waals surface area contributed by atoms with Gasteiger partial charge in [-0.15, -0.1) is 0 Å². The molecule has 0 unspecified atom stereocenters. The molecule has 111 heavy (non-hydrogen) atoms. The maximum atomic E-state index is 13.2. The zero-order chi connectivity index (χ0) is 77.2. The third-order valence-electron chi connectivity index (χ3n) is 16.6. The van der Waals surface area contributed by atoms with E-state index in [4.69, 9.17) is 14.2 Å². The molecule has 0 atom stereocenters. The predicted molar refractivity (Wildman–Crippen MR) is 445 cm³/mol. The maximum absolute atomic E-state index is 13.2. The van der Waals surface area contributed by atoms with Crippen LogP contribution in [0.1, 0.15) is 19.8 Å². The van der Waals surface area contributed by atoms with Crippen LogP contribution in [-0.2, 0) is 59.2 Å². The Morgan fingerprint density at radius 1 is 0.189 bits per heavy atom. The average molecular weight is 1570 g/mol. The lowest BCUT2D eigenvalue weighted by Crippen LogP contribution is -2.06. The van der Waals surface area contributed by atoms with Gasteiger partial charge < -0.3 is 14.2 Å². The molecule has 0 saturated carbocycles. The van der Waals surface area contributed by atoms with Crippen LogP contribution in [-0.4, -0.2) is 26.9 Å². The van der Waals surface area contributed by atoms with Gasteiger partial charge in [0.1, 0.15) is 53.0 Å². The number of methoxy groups -OCH3 is 1. The fourth-order valence-corrected chi connectivity index (χ4v) is 21.6. The molecule has 14 heteroatoms. The van der Waals surface area contributed by atoms with E-state index in [0.717, 1.165) is 65.2 Å². The van der Waals surface area contributed by atoms with Crippen LogP contribution in [0.5, 0.6) is 11.5 Å². The van der Waals surface area contributed by atoms with E-state index in [1.54, 1.807) is 67.8 Å². The molecular weight excluding hydrogens is 1490 g/mol. The normalized spacial score (nSPS) is 10.8. The number of halogens is 6. The molecule has 0 aliphatic carbocycles. The predicted octanol–water partition coefficient (Wildman–Crippen LogP) is 25.9. The Kier molecular flexibility index (Phi) is 31.9. The van der Waals surface area contributed by atoms with Crippen LogP contribution in [0.25, 0.3) is 0 Å². The molecule has 556 valence electrons. The molecule has 0 amide bonds. The first kappa shape index (κ1) is 81.2. The monoisotopic (exact) mass is 1570 g/mol. The summed E-state index contributed by atoms with van der Waals surface area (Å²) in [7, 11) is 0.389. The lowest BCUT2D eigenvalue weighted by molar-refractivity contribution is 0.146. The Balaban J connectivity index is 0.000000138. The Bertz CT molecular complexity index is 4700. The van der Waals surface area contributed by atoms with Crippen LogP contribution in [0.4, 0.5) is 26.3 Å². The topological polar surface area (TPSA) is 27.7 Å². The summed E-state index contributed by atoms with van der Waals surface area (Å²) in [6.07, 6.45) is 2.25. The molecule has 0 radical (unpaired) electrons. The number of unbranched alkanes of at least 4 members (excludes halogenated alkanes) is 1. The van der Waals surface area contributed by atoms with Crippen molar-refractivity contribution in [3.05, 3.63) is 441 Å². The average Bonchev–Trinajstić information content (AvgIpc) is 0.836. The SMILES string of the molecule is CCCCOc1ccc([S+](c2ccccc2)c2ccccc2)cc1.COCCOc1ccc([S+](c2ccccc2)c2ccccc2)cc1.Fc1ccc([S+](c2ccc(F)cc2)c2ccc(F)cc2)cc1.Fc1ccc([S+](c2ccccc2)c2ccc(F)cc2)cc1.Fc1ccc([S+](c2ccccc2)c2ccccc2)cc1. The molecule has 15 aromatic rings.